The van der Waals surface area contributed by atoms with E-state index in [1.54, 1.807) is 6.08 Å². The van der Waals surface area contributed by atoms with E-state index in [0.717, 1.165) is 24.8 Å². The molecule has 1 heterocycles. The highest BCUT2D eigenvalue weighted by molar-refractivity contribution is 5.93. The Balaban J connectivity index is 1.90. The number of fused-ring (bicyclic) bond motifs is 1. The van der Waals surface area contributed by atoms with Crippen LogP contribution in [0, 0.1) is 22.7 Å². The van der Waals surface area contributed by atoms with Gasteiger partial charge in [-0.25, -0.2) is 4.79 Å². The number of cyclic esters (lactones) is 1. The number of carbonyl (C=O) groups is 2. The van der Waals surface area contributed by atoms with Crippen LogP contribution in [0.5, 0.6) is 0 Å². The molecule has 5 atom stereocenters. The summed E-state index contributed by atoms with van der Waals surface area (Å²) < 4.78 is 10.3. The molecule has 3 aliphatic rings. The van der Waals surface area contributed by atoms with Crippen molar-refractivity contribution in [2.24, 2.45) is 22.7 Å². The molecule has 2 fully saturated rings. The van der Waals surface area contributed by atoms with Crippen molar-refractivity contribution in [3.05, 3.63) is 36.0 Å². The summed E-state index contributed by atoms with van der Waals surface area (Å²) in [5.41, 5.74) is 1.15. The lowest BCUT2D eigenvalue weighted by atomic mass is 9.46. The van der Waals surface area contributed by atoms with Gasteiger partial charge in [-0.1, -0.05) is 38.2 Å². The second-order valence-electron chi connectivity index (χ2n) is 8.69. The Morgan fingerprint density at radius 3 is 2.81 bits per heavy atom. The van der Waals surface area contributed by atoms with Gasteiger partial charge in [0, 0.05) is 18.3 Å². The highest BCUT2D eigenvalue weighted by atomic mass is 16.5. The number of aliphatic hydroxyl groups excluding tert-OH is 1. The number of carbonyl (C=O) groups excluding carboxylic acids is 2. The molecule has 2 saturated carbocycles. The van der Waals surface area contributed by atoms with Crippen molar-refractivity contribution in [1.82, 2.24) is 0 Å². The molecule has 5 nitrogen and oxygen atoms in total. The molecular weight excluding hydrogens is 344 g/mol. The van der Waals surface area contributed by atoms with Crippen LogP contribution in [0.1, 0.15) is 46.5 Å². The Labute approximate surface area is 161 Å². The Kier molecular flexibility index (Phi) is 5.35. The third-order valence-corrected chi connectivity index (χ3v) is 7.02. The molecule has 0 aromatic rings. The van der Waals surface area contributed by atoms with Crippen molar-refractivity contribution in [3.63, 3.8) is 0 Å². The molecule has 0 saturated heterocycles. The van der Waals surface area contributed by atoms with Crippen LogP contribution in [-0.2, 0) is 19.1 Å². The third kappa shape index (κ3) is 3.49. The lowest BCUT2D eigenvalue weighted by Crippen LogP contribution is -2.57. The summed E-state index contributed by atoms with van der Waals surface area (Å²) in [7, 11) is 0. The molecule has 0 spiro atoms. The topological polar surface area (TPSA) is 72.8 Å². The van der Waals surface area contributed by atoms with E-state index in [0.29, 0.717) is 18.6 Å². The van der Waals surface area contributed by atoms with Crippen LogP contribution in [-0.4, -0.2) is 36.4 Å². The maximum absolute atomic E-state index is 11.7. The van der Waals surface area contributed by atoms with Gasteiger partial charge < -0.3 is 14.6 Å². The van der Waals surface area contributed by atoms with Gasteiger partial charge in [-0.3, -0.25) is 4.79 Å². The van der Waals surface area contributed by atoms with E-state index >= 15 is 0 Å². The molecule has 0 radical (unpaired) electrons. The van der Waals surface area contributed by atoms with Crippen molar-refractivity contribution < 1.29 is 24.2 Å². The molecule has 148 valence electrons. The van der Waals surface area contributed by atoms with Crippen molar-refractivity contribution in [1.29, 1.82) is 0 Å². The Bertz CT molecular complexity index is 705. The number of hydrogen-bond donors (Lipinski definition) is 1. The quantitative estimate of drug-likeness (QED) is 0.603. The van der Waals surface area contributed by atoms with Crippen molar-refractivity contribution in [2.45, 2.75) is 52.6 Å². The fraction of sp³-hybridized carbons (Fsp3) is 0.636. The van der Waals surface area contributed by atoms with E-state index in [1.807, 2.05) is 13.0 Å². The highest BCUT2D eigenvalue weighted by Gasteiger charge is 2.57. The van der Waals surface area contributed by atoms with Gasteiger partial charge in [0.05, 0.1) is 18.3 Å². The Morgan fingerprint density at radius 2 is 2.19 bits per heavy atom. The van der Waals surface area contributed by atoms with E-state index in [-0.39, 0.29) is 35.8 Å². The van der Waals surface area contributed by atoms with E-state index in [2.05, 4.69) is 19.6 Å². The predicted octanol–water partition coefficient (Wildman–Crippen LogP) is 3.34. The summed E-state index contributed by atoms with van der Waals surface area (Å²) in [5.74, 6) is -0.306. The number of ether oxygens (including phenoxy) is 2. The zero-order chi connectivity index (χ0) is 19.8. The molecule has 0 aromatic heterocycles. The number of hydrogen-bond acceptors (Lipinski definition) is 5. The molecule has 1 aliphatic heterocycles. The average Bonchev–Trinajstić information content (AvgIpc) is 3.01. The molecule has 0 unspecified atom stereocenters. The molecular formula is C22H30O5. The minimum atomic E-state index is -0.501. The van der Waals surface area contributed by atoms with Crippen LogP contribution < -0.4 is 0 Å². The Hall–Kier alpha value is -1.88. The summed E-state index contributed by atoms with van der Waals surface area (Å²) in [4.78, 5) is 23.1. The highest BCUT2D eigenvalue weighted by Crippen LogP contribution is 2.61. The maximum atomic E-state index is 11.7. The number of esters is 2. The van der Waals surface area contributed by atoms with Crippen LogP contribution in [0.2, 0.25) is 0 Å². The first-order valence-electron chi connectivity index (χ1n) is 9.73. The van der Waals surface area contributed by atoms with Crippen LogP contribution in [0.25, 0.3) is 0 Å². The maximum Gasteiger partial charge on any atom is 0.338 e. The monoisotopic (exact) mass is 374 g/mol. The van der Waals surface area contributed by atoms with E-state index in [1.165, 1.54) is 6.92 Å². The summed E-state index contributed by atoms with van der Waals surface area (Å²) in [6.45, 7) is 10.5. The second kappa shape index (κ2) is 7.27. The van der Waals surface area contributed by atoms with Crippen LogP contribution in [0.15, 0.2) is 36.0 Å². The van der Waals surface area contributed by atoms with Gasteiger partial charge in [-0.05, 0) is 43.1 Å². The van der Waals surface area contributed by atoms with Gasteiger partial charge in [0.1, 0.15) is 6.61 Å². The molecule has 5 heteroatoms. The van der Waals surface area contributed by atoms with Gasteiger partial charge in [0.25, 0.3) is 0 Å². The minimum absolute atomic E-state index is 0.106. The summed E-state index contributed by atoms with van der Waals surface area (Å²) in [5, 5.41) is 10.8. The zero-order valence-corrected chi connectivity index (χ0v) is 16.5. The van der Waals surface area contributed by atoms with Crippen LogP contribution in [0.3, 0.4) is 0 Å². The molecule has 0 amide bonds. The van der Waals surface area contributed by atoms with Gasteiger partial charge >= 0.3 is 11.9 Å². The van der Waals surface area contributed by atoms with Crippen LogP contribution in [0.4, 0.5) is 0 Å². The van der Waals surface area contributed by atoms with Gasteiger partial charge in [-0.2, -0.15) is 0 Å². The van der Waals surface area contributed by atoms with Gasteiger partial charge in [0.15, 0.2) is 0 Å². The molecule has 3 rings (SSSR count). The Morgan fingerprint density at radius 1 is 1.44 bits per heavy atom. The number of aliphatic hydroxyl groups is 1. The fourth-order valence-corrected chi connectivity index (χ4v) is 5.44. The standard InChI is InChI=1S/C22H30O5/c1-14-5-8-18-21(3,17(14)7-6-16-10-12-26-20(16)25)11-9-19(24)22(18,4)13-27-15(2)23/h6-7,10,17-19,24H,1,5,8-9,11-13H2,2-4H3/b7-6+/t17-,18+,19-,21+,22+/m1/s1. The number of allylic oxidation sites excluding steroid dienone is 2. The SMILES string of the molecule is C=C1CC[C@@H]2[C@](C)(COC(C)=O)[C@H](O)CC[C@@]2(C)[C@@H]1/C=C/C1=CCOC1=O. The molecule has 27 heavy (non-hydrogen) atoms. The fourth-order valence-electron chi connectivity index (χ4n) is 5.44. The van der Waals surface area contributed by atoms with Gasteiger partial charge in [-0.15, -0.1) is 0 Å². The van der Waals surface area contributed by atoms with E-state index < -0.39 is 11.5 Å². The minimum Gasteiger partial charge on any atom is -0.465 e. The summed E-state index contributed by atoms with van der Waals surface area (Å²) in [6.07, 6.45) is 8.53. The number of rotatable bonds is 4. The summed E-state index contributed by atoms with van der Waals surface area (Å²) in [6, 6.07) is 0. The van der Waals surface area contributed by atoms with Crippen LogP contribution >= 0.6 is 0 Å². The first kappa shape index (κ1) is 19.9. The van der Waals surface area contributed by atoms with Crippen molar-refractivity contribution in [2.75, 3.05) is 13.2 Å². The van der Waals surface area contributed by atoms with E-state index in [4.69, 9.17) is 9.47 Å². The van der Waals surface area contributed by atoms with Crippen molar-refractivity contribution in [3.8, 4) is 0 Å². The van der Waals surface area contributed by atoms with Crippen molar-refractivity contribution >= 4 is 11.9 Å². The third-order valence-electron chi connectivity index (χ3n) is 7.02. The summed E-state index contributed by atoms with van der Waals surface area (Å²) >= 11 is 0. The first-order chi connectivity index (χ1) is 12.7. The molecule has 1 N–H and O–H groups in total. The smallest absolute Gasteiger partial charge is 0.338 e. The second-order valence-corrected chi connectivity index (χ2v) is 8.69. The lowest BCUT2D eigenvalue weighted by molar-refractivity contribution is -0.170. The molecule has 0 aromatic carbocycles. The average molecular weight is 374 g/mol. The molecule has 2 aliphatic carbocycles. The molecule has 0 bridgehead atoms. The normalized spacial score (nSPS) is 39.1. The van der Waals surface area contributed by atoms with Gasteiger partial charge in [0.2, 0.25) is 0 Å². The largest absolute Gasteiger partial charge is 0.465 e. The zero-order valence-electron chi connectivity index (χ0n) is 16.5. The van der Waals surface area contributed by atoms with E-state index in [9.17, 15) is 14.7 Å². The lowest BCUT2D eigenvalue weighted by Gasteiger charge is -2.59. The predicted molar refractivity (Wildman–Crippen MR) is 102 cm³/mol. The first-order valence-corrected chi connectivity index (χ1v) is 9.73.